The van der Waals surface area contributed by atoms with Gasteiger partial charge in [0.05, 0.1) is 12.4 Å². The first kappa shape index (κ1) is 23.3. The first-order valence-electron chi connectivity index (χ1n) is 9.95. The number of benzene rings is 1. The van der Waals surface area contributed by atoms with Crippen molar-refractivity contribution < 1.29 is 14.7 Å². The van der Waals surface area contributed by atoms with Crippen LogP contribution in [-0.4, -0.2) is 29.4 Å². The topological polar surface area (TPSA) is 103 Å². The van der Waals surface area contributed by atoms with Crippen LogP contribution in [0.4, 0.5) is 0 Å². The van der Waals surface area contributed by atoms with E-state index in [-0.39, 0.29) is 17.6 Å². The number of hydrazone groups is 2. The third kappa shape index (κ3) is 9.30. The maximum Gasteiger partial charge on any atom is 0.240 e. The maximum absolute atomic E-state index is 11.7. The fraction of sp³-hybridized carbons (Fsp3) is 0.524. The van der Waals surface area contributed by atoms with Gasteiger partial charge in [-0.15, -0.1) is 0 Å². The molecule has 1 aromatic rings. The lowest BCUT2D eigenvalue weighted by Gasteiger charge is -2.05. The summed E-state index contributed by atoms with van der Waals surface area (Å²) in [6.07, 6.45) is 9.63. The molecule has 0 saturated heterocycles. The van der Waals surface area contributed by atoms with E-state index in [2.05, 4.69) is 34.9 Å². The molecule has 3 N–H and O–H groups in total. The number of nitrogens with zero attached hydrogens (tertiary/aromatic N) is 2. The van der Waals surface area contributed by atoms with Crippen LogP contribution in [0.3, 0.4) is 0 Å². The molecule has 1 rings (SSSR count). The van der Waals surface area contributed by atoms with Crippen molar-refractivity contribution in [2.24, 2.45) is 10.2 Å². The van der Waals surface area contributed by atoms with Crippen LogP contribution < -0.4 is 10.9 Å². The highest BCUT2D eigenvalue weighted by atomic mass is 16.3. The van der Waals surface area contributed by atoms with Crippen molar-refractivity contribution in [2.75, 3.05) is 0 Å². The Kier molecular flexibility index (Phi) is 11.2. The zero-order valence-corrected chi connectivity index (χ0v) is 17.1. The van der Waals surface area contributed by atoms with Gasteiger partial charge in [-0.1, -0.05) is 39.5 Å². The van der Waals surface area contributed by atoms with E-state index in [1.807, 2.05) is 0 Å². The molecule has 0 unspecified atom stereocenters. The summed E-state index contributed by atoms with van der Waals surface area (Å²) in [7, 11) is 0. The summed E-state index contributed by atoms with van der Waals surface area (Å²) in [6.45, 7) is 5.92. The number of unbranched alkanes of at least 4 members (excludes halogenated alkanes) is 4. The molecule has 0 atom stereocenters. The van der Waals surface area contributed by atoms with E-state index in [4.69, 9.17) is 0 Å². The number of rotatable bonds is 12. The molecular formula is C21H32N4O3. The fourth-order valence-electron chi connectivity index (χ4n) is 2.54. The second-order valence-electron chi connectivity index (χ2n) is 6.78. The minimum absolute atomic E-state index is 0.0877. The molecule has 0 saturated carbocycles. The average molecular weight is 389 g/mol. The average Bonchev–Trinajstić information content (AvgIpc) is 2.66. The number of aryl methyl sites for hydroxylation is 1. The molecule has 0 aliphatic rings. The van der Waals surface area contributed by atoms with Crippen molar-refractivity contribution >= 4 is 24.2 Å². The number of carbonyl (C=O) groups excluding carboxylic acids is 2. The summed E-state index contributed by atoms with van der Waals surface area (Å²) in [5, 5.41) is 18.1. The van der Waals surface area contributed by atoms with Gasteiger partial charge in [-0.25, -0.2) is 10.9 Å². The Morgan fingerprint density at radius 1 is 0.929 bits per heavy atom. The molecule has 28 heavy (non-hydrogen) atoms. The lowest BCUT2D eigenvalue weighted by atomic mass is 10.1. The SMILES string of the molecule is CCCCCC(=O)N/N=C/c1cc(C)c(O)c(/C=N/NC(=O)CCCCC)c1. The highest BCUT2D eigenvalue weighted by Gasteiger charge is 2.06. The number of phenols is 1. The monoisotopic (exact) mass is 388 g/mol. The molecule has 0 radical (unpaired) electrons. The van der Waals surface area contributed by atoms with E-state index in [1.165, 1.54) is 12.4 Å². The molecule has 7 heteroatoms. The van der Waals surface area contributed by atoms with Crippen LogP contribution in [0.2, 0.25) is 0 Å². The maximum atomic E-state index is 11.7. The quantitative estimate of drug-likeness (QED) is 0.288. The van der Waals surface area contributed by atoms with Gasteiger partial charge in [-0.3, -0.25) is 9.59 Å². The highest BCUT2D eigenvalue weighted by Crippen LogP contribution is 2.21. The zero-order chi connectivity index (χ0) is 20.8. The molecule has 0 aliphatic heterocycles. The molecule has 2 amide bonds. The zero-order valence-electron chi connectivity index (χ0n) is 17.1. The van der Waals surface area contributed by atoms with Crippen LogP contribution in [0, 0.1) is 6.92 Å². The van der Waals surface area contributed by atoms with Gasteiger partial charge in [0.25, 0.3) is 0 Å². The number of phenolic OH excluding ortho intramolecular Hbond substituents is 1. The Bertz CT molecular complexity index is 699. The van der Waals surface area contributed by atoms with Crippen LogP contribution >= 0.6 is 0 Å². The highest BCUT2D eigenvalue weighted by molar-refractivity contribution is 5.90. The molecule has 0 fully saturated rings. The number of carbonyl (C=O) groups is 2. The first-order chi connectivity index (χ1) is 13.5. The minimum Gasteiger partial charge on any atom is -0.507 e. The third-order valence-electron chi connectivity index (χ3n) is 4.16. The molecule has 1 aromatic carbocycles. The molecule has 0 aliphatic carbocycles. The number of nitrogens with one attached hydrogen (secondary N) is 2. The minimum atomic E-state index is -0.149. The molecular weight excluding hydrogens is 356 g/mol. The lowest BCUT2D eigenvalue weighted by molar-refractivity contribution is -0.122. The van der Waals surface area contributed by atoms with Gasteiger partial charge in [0, 0.05) is 18.4 Å². The van der Waals surface area contributed by atoms with Gasteiger partial charge >= 0.3 is 0 Å². The van der Waals surface area contributed by atoms with E-state index in [9.17, 15) is 14.7 Å². The van der Waals surface area contributed by atoms with Crippen molar-refractivity contribution in [1.29, 1.82) is 0 Å². The Labute approximate surface area is 167 Å². The Morgan fingerprint density at radius 2 is 1.46 bits per heavy atom. The normalized spacial score (nSPS) is 11.2. The summed E-state index contributed by atoms with van der Waals surface area (Å²) in [4.78, 5) is 23.3. The Morgan fingerprint density at radius 3 is 2.00 bits per heavy atom. The fourth-order valence-corrected chi connectivity index (χ4v) is 2.54. The van der Waals surface area contributed by atoms with Crippen molar-refractivity contribution in [3.8, 4) is 5.75 Å². The summed E-state index contributed by atoms with van der Waals surface area (Å²) >= 11 is 0. The standard InChI is InChI=1S/C21H32N4O3/c1-4-6-8-10-19(26)24-22-14-17-12-16(3)21(28)18(13-17)15-23-25-20(27)11-9-7-5-2/h12-15,28H,4-11H2,1-3H3,(H,24,26)(H,25,27)/b22-14+,23-15+. The Hall–Kier alpha value is -2.70. The summed E-state index contributed by atoms with van der Waals surface area (Å²) < 4.78 is 0. The van der Waals surface area contributed by atoms with Crippen molar-refractivity contribution in [3.63, 3.8) is 0 Å². The molecule has 0 heterocycles. The third-order valence-corrected chi connectivity index (χ3v) is 4.16. The van der Waals surface area contributed by atoms with E-state index in [0.29, 0.717) is 29.5 Å². The van der Waals surface area contributed by atoms with Crippen LogP contribution in [0.1, 0.15) is 81.9 Å². The second-order valence-corrected chi connectivity index (χ2v) is 6.78. The van der Waals surface area contributed by atoms with E-state index >= 15 is 0 Å². The second kappa shape index (κ2) is 13.5. The van der Waals surface area contributed by atoms with Gasteiger partial charge in [-0.2, -0.15) is 10.2 Å². The molecule has 0 aromatic heterocycles. The summed E-state index contributed by atoms with van der Waals surface area (Å²) in [5.41, 5.74) is 6.79. The largest absolute Gasteiger partial charge is 0.507 e. The van der Waals surface area contributed by atoms with Gasteiger partial charge < -0.3 is 5.11 Å². The van der Waals surface area contributed by atoms with Gasteiger partial charge in [0.1, 0.15) is 5.75 Å². The van der Waals surface area contributed by atoms with E-state index < -0.39 is 0 Å². The molecule has 7 nitrogen and oxygen atoms in total. The van der Waals surface area contributed by atoms with Gasteiger partial charge in [0.15, 0.2) is 0 Å². The van der Waals surface area contributed by atoms with Crippen LogP contribution in [0.25, 0.3) is 0 Å². The molecule has 0 spiro atoms. The van der Waals surface area contributed by atoms with E-state index in [0.717, 1.165) is 38.5 Å². The summed E-state index contributed by atoms with van der Waals surface area (Å²) in [5.74, 6) is -0.179. The number of amides is 2. The molecule has 0 bridgehead atoms. The smallest absolute Gasteiger partial charge is 0.240 e. The van der Waals surface area contributed by atoms with Crippen molar-refractivity contribution in [3.05, 3.63) is 28.8 Å². The van der Waals surface area contributed by atoms with Gasteiger partial charge in [-0.05, 0) is 43.0 Å². The number of hydrogen-bond donors (Lipinski definition) is 3. The Balaban J connectivity index is 2.65. The van der Waals surface area contributed by atoms with Crippen LogP contribution in [0.5, 0.6) is 5.75 Å². The van der Waals surface area contributed by atoms with Crippen LogP contribution in [0.15, 0.2) is 22.3 Å². The van der Waals surface area contributed by atoms with Gasteiger partial charge in [0.2, 0.25) is 11.8 Å². The number of hydrogen-bond acceptors (Lipinski definition) is 5. The first-order valence-corrected chi connectivity index (χ1v) is 9.95. The van der Waals surface area contributed by atoms with Crippen molar-refractivity contribution in [2.45, 2.75) is 72.1 Å². The van der Waals surface area contributed by atoms with E-state index in [1.54, 1.807) is 19.1 Å². The number of aromatic hydroxyl groups is 1. The predicted molar refractivity (Wildman–Crippen MR) is 113 cm³/mol. The van der Waals surface area contributed by atoms with Crippen molar-refractivity contribution in [1.82, 2.24) is 10.9 Å². The summed E-state index contributed by atoms with van der Waals surface area (Å²) in [6, 6.07) is 3.44. The lowest BCUT2D eigenvalue weighted by Crippen LogP contribution is -2.17. The molecule has 154 valence electrons. The predicted octanol–water partition coefficient (Wildman–Crippen LogP) is 3.76. The van der Waals surface area contributed by atoms with Crippen LogP contribution in [-0.2, 0) is 9.59 Å².